The molecule has 5 nitrogen and oxygen atoms in total. The molecule has 3 N–H and O–H groups in total. The third kappa shape index (κ3) is 2.93. The van der Waals surface area contributed by atoms with Crippen molar-refractivity contribution >= 4 is 0 Å². The summed E-state index contributed by atoms with van der Waals surface area (Å²) in [6.45, 7) is 7.99. The molecule has 2 saturated heterocycles. The summed E-state index contributed by atoms with van der Waals surface area (Å²) in [4.78, 5) is 0. The van der Waals surface area contributed by atoms with Gasteiger partial charge in [-0.1, -0.05) is 13.8 Å². The largest absolute Gasteiger partial charge is 0.633 e. The molecule has 0 radical (unpaired) electrons. The second kappa shape index (κ2) is 7.16. The van der Waals surface area contributed by atoms with Crippen LogP contribution in [-0.2, 0) is 0 Å². The van der Waals surface area contributed by atoms with E-state index in [0.717, 1.165) is 51.4 Å². The van der Waals surface area contributed by atoms with Crippen LogP contribution < -0.4 is 0 Å². The van der Waals surface area contributed by atoms with Gasteiger partial charge >= 0.3 is 0 Å². The van der Waals surface area contributed by atoms with Gasteiger partial charge in [-0.25, -0.2) is 0 Å². The van der Waals surface area contributed by atoms with Gasteiger partial charge < -0.3 is 25.2 Å². The summed E-state index contributed by atoms with van der Waals surface area (Å²) in [6.07, 6.45) is 8.25. The second-order valence-corrected chi connectivity index (χ2v) is 13.8. The number of rotatable bonds is 0. The smallest absolute Gasteiger partial charge is 0.118 e. The maximum absolute atomic E-state index is 14.2. The van der Waals surface area contributed by atoms with Crippen LogP contribution in [0, 0.1) is 58.0 Å². The summed E-state index contributed by atoms with van der Waals surface area (Å²) in [6, 6.07) is -0.149. The molecule has 182 valence electrons. The van der Waals surface area contributed by atoms with E-state index in [9.17, 15) is 20.5 Å². The van der Waals surface area contributed by atoms with Crippen molar-refractivity contribution in [2.45, 2.75) is 102 Å². The highest BCUT2D eigenvalue weighted by Gasteiger charge is 2.66. The number of hydrogen-bond donors (Lipinski definition) is 3. The van der Waals surface area contributed by atoms with Crippen LogP contribution in [0.2, 0.25) is 0 Å². The average molecular weight is 448 g/mol. The quantitative estimate of drug-likeness (QED) is 0.391. The van der Waals surface area contributed by atoms with E-state index in [-0.39, 0.29) is 40.1 Å². The van der Waals surface area contributed by atoms with Crippen LogP contribution in [0.4, 0.5) is 0 Å². The van der Waals surface area contributed by atoms with Gasteiger partial charge in [-0.2, -0.15) is 0 Å². The highest BCUT2D eigenvalue weighted by molar-refractivity contribution is 5.13. The molecule has 0 aromatic carbocycles. The van der Waals surface area contributed by atoms with Gasteiger partial charge in [0.25, 0.3) is 0 Å². The molecule has 2 aliphatic heterocycles. The van der Waals surface area contributed by atoms with E-state index in [1.54, 1.807) is 0 Å². The second-order valence-electron chi connectivity index (χ2n) is 13.8. The summed E-state index contributed by atoms with van der Waals surface area (Å²) < 4.78 is -0.164. The van der Waals surface area contributed by atoms with E-state index < -0.39 is 5.60 Å². The molecule has 14 atom stereocenters. The third-order valence-corrected chi connectivity index (χ3v) is 12.3. The van der Waals surface area contributed by atoms with Gasteiger partial charge in [-0.05, 0) is 93.3 Å². The maximum Gasteiger partial charge on any atom is 0.118 e. The molecule has 0 aromatic heterocycles. The molecular formula is C27H45NO4. The number of aliphatic hydroxyl groups is 3. The minimum atomic E-state index is -0.857. The van der Waals surface area contributed by atoms with E-state index in [1.807, 2.05) is 6.92 Å². The lowest BCUT2D eigenvalue weighted by atomic mass is 9.51. The van der Waals surface area contributed by atoms with Gasteiger partial charge in [-0.3, -0.25) is 0 Å². The predicted molar refractivity (Wildman–Crippen MR) is 123 cm³/mol. The average Bonchev–Trinajstić information content (AvgIpc) is 3.08. The van der Waals surface area contributed by atoms with Crippen molar-refractivity contribution < 1.29 is 20.0 Å². The molecule has 0 amide bonds. The first-order valence-corrected chi connectivity index (χ1v) is 13.7. The highest BCUT2D eigenvalue weighted by Crippen LogP contribution is 2.67. The van der Waals surface area contributed by atoms with Gasteiger partial charge in [-0.15, -0.1) is 0 Å². The Balaban J connectivity index is 1.32. The molecule has 0 spiro atoms. The minimum Gasteiger partial charge on any atom is -0.633 e. The zero-order chi connectivity index (χ0) is 22.6. The number of nitrogens with zero attached hydrogens (tertiary/aromatic N) is 1. The van der Waals surface area contributed by atoms with Crippen molar-refractivity contribution in [2.75, 3.05) is 13.1 Å². The molecule has 0 bridgehead atoms. The standard InChI is InChI=1S/C27H45NO4/c1-15-4-7-25-27(3,31)21-6-5-17-18(20(21)14-28(25,32)13-15)11-22-19(17)12-24(30)23-10-16(29)8-9-26(22,23)2/h15-25,29-31H,4-14H2,1-3H3/t15-,16-,17-,18+,19-,20-,21-,22-,23+,24-,25-,26+,27-,28?/m0/s1. The third-order valence-electron chi connectivity index (χ3n) is 12.3. The lowest BCUT2D eigenvalue weighted by Gasteiger charge is -2.66. The van der Waals surface area contributed by atoms with E-state index in [2.05, 4.69) is 13.8 Å². The Morgan fingerprint density at radius 2 is 1.56 bits per heavy atom. The molecule has 0 aromatic rings. The first-order valence-electron chi connectivity index (χ1n) is 13.7. The highest BCUT2D eigenvalue weighted by atomic mass is 16.6. The van der Waals surface area contributed by atoms with Crippen molar-refractivity contribution in [3.05, 3.63) is 5.21 Å². The lowest BCUT2D eigenvalue weighted by Crippen LogP contribution is -2.73. The molecule has 32 heavy (non-hydrogen) atoms. The SMILES string of the molecule is C[C@H]1CC[C@H]2[C@@](C)(O)[C@H]3CC[C@H]4[C@@H](C[C@H]5[C@H]4C[C@H](O)[C@H]4C[C@@H](O)CC[C@@]45C)[C@@H]3C[N+]2([O-])C1. The van der Waals surface area contributed by atoms with E-state index in [1.165, 1.54) is 6.42 Å². The van der Waals surface area contributed by atoms with Gasteiger partial charge in [0.05, 0.1) is 25.3 Å². The minimum absolute atomic E-state index is 0.109. The van der Waals surface area contributed by atoms with E-state index >= 15 is 0 Å². The normalized spacial score (nSPS) is 64.0. The number of fused-ring (bicyclic) bond motifs is 8. The topological polar surface area (TPSA) is 83.8 Å². The Labute approximate surface area is 193 Å². The summed E-state index contributed by atoms with van der Waals surface area (Å²) in [5, 5.41) is 47.5. The lowest BCUT2D eigenvalue weighted by molar-refractivity contribution is -0.933. The van der Waals surface area contributed by atoms with Crippen LogP contribution in [-0.4, -0.2) is 56.9 Å². The summed E-state index contributed by atoms with van der Waals surface area (Å²) in [5.74, 6) is 3.50. The van der Waals surface area contributed by atoms with E-state index in [0.29, 0.717) is 48.6 Å². The fourth-order valence-corrected chi connectivity index (χ4v) is 11.0. The first kappa shape index (κ1) is 22.3. The summed E-state index contributed by atoms with van der Waals surface area (Å²) in [5.41, 5.74) is -0.748. The van der Waals surface area contributed by atoms with Crippen molar-refractivity contribution in [3.63, 3.8) is 0 Å². The Hall–Kier alpha value is -0.200. The van der Waals surface area contributed by atoms with Crippen molar-refractivity contribution in [1.29, 1.82) is 0 Å². The number of aliphatic hydroxyl groups excluding tert-OH is 2. The predicted octanol–water partition coefficient (Wildman–Crippen LogP) is 3.69. The van der Waals surface area contributed by atoms with Gasteiger partial charge in [0, 0.05) is 24.2 Å². The Morgan fingerprint density at radius 3 is 2.34 bits per heavy atom. The Bertz CT molecular complexity index is 753. The van der Waals surface area contributed by atoms with Crippen LogP contribution >= 0.6 is 0 Å². The zero-order valence-corrected chi connectivity index (χ0v) is 20.3. The molecule has 2 heterocycles. The van der Waals surface area contributed by atoms with Gasteiger partial charge in [0.15, 0.2) is 0 Å². The Kier molecular flexibility index (Phi) is 4.99. The van der Waals surface area contributed by atoms with Crippen LogP contribution in [0.1, 0.15) is 78.6 Å². The molecule has 4 aliphatic carbocycles. The van der Waals surface area contributed by atoms with Crippen LogP contribution in [0.15, 0.2) is 0 Å². The monoisotopic (exact) mass is 447 g/mol. The van der Waals surface area contributed by atoms with Crippen molar-refractivity contribution in [1.82, 2.24) is 0 Å². The zero-order valence-electron chi connectivity index (χ0n) is 20.3. The van der Waals surface area contributed by atoms with Crippen LogP contribution in [0.25, 0.3) is 0 Å². The summed E-state index contributed by atoms with van der Waals surface area (Å²) in [7, 11) is 0. The summed E-state index contributed by atoms with van der Waals surface area (Å²) >= 11 is 0. The van der Waals surface area contributed by atoms with Gasteiger partial charge in [0.1, 0.15) is 11.6 Å². The first-order chi connectivity index (χ1) is 15.0. The fourth-order valence-electron chi connectivity index (χ4n) is 11.0. The van der Waals surface area contributed by atoms with Crippen LogP contribution in [0.5, 0.6) is 0 Å². The Morgan fingerprint density at radius 1 is 0.781 bits per heavy atom. The molecule has 6 aliphatic rings. The fraction of sp³-hybridized carbons (Fsp3) is 1.00. The number of hydroxylamine groups is 3. The van der Waals surface area contributed by atoms with Gasteiger partial charge in [0.2, 0.25) is 0 Å². The molecule has 4 saturated carbocycles. The van der Waals surface area contributed by atoms with Crippen LogP contribution in [0.3, 0.4) is 0 Å². The number of quaternary nitrogens is 1. The number of piperidine rings is 2. The number of hydrogen-bond acceptors (Lipinski definition) is 4. The molecule has 1 unspecified atom stereocenters. The maximum atomic E-state index is 14.2. The molecule has 6 fully saturated rings. The van der Waals surface area contributed by atoms with E-state index in [4.69, 9.17) is 0 Å². The molecular weight excluding hydrogens is 402 g/mol. The van der Waals surface area contributed by atoms with Crippen molar-refractivity contribution in [2.24, 2.45) is 52.8 Å². The van der Waals surface area contributed by atoms with Crippen molar-refractivity contribution in [3.8, 4) is 0 Å². The molecule has 5 heteroatoms. The molecule has 6 rings (SSSR count).